The first-order valence-electron chi connectivity index (χ1n) is 12.4. The highest BCUT2D eigenvalue weighted by Gasteiger charge is 2.11. The van der Waals surface area contributed by atoms with E-state index in [9.17, 15) is 4.39 Å². The van der Waals surface area contributed by atoms with E-state index in [2.05, 4.69) is 45.9 Å². The van der Waals surface area contributed by atoms with E-state index in [1.54, 1.807) is 18.6 Å². The Bertz CT molecular complexity index is 1530. The monoisotopic (exact) mass is 562 g/mol. The van der Waals surface area contributed by atoms with E-state index < -0.39 is 0 Å². The predicted molar refractivity (Wildman–Crippen MR) is 163 cm³/mol. The molecule has 0 radical (unpaired) electrons. The van der Waals surface area contributed by atoms with Crippen LogP contribution in [-0.4, -0.2) is 28.5 Å². The summed E-state index contributed by atoms with van der Waals surface area (Å²) in [4.78, 5) is 8.91. The van der Waals surface area contributed by atoms with Crippen LogP contribution in [0.5, 0.6) is 5.75 Å². The number of thiol groups is 2. The molecule has 0 bridgehead atoms. The molecule has 0 aliphatic carbocycles. The summed E-state index contributed by atoms with van der Waals surface area (Å²) in [6.45, 7) is 3.75. The second-order valence-corrected chi connectivity index (χ2v) is 9.09. The van der Waals surface area contributed by atoms with Crippen molar-refractivity contribution in [3.63, 3.8) is 0 Å². The molecule has 0 spiro atoms. The van der Waals surface area contributed by atoms with Crippen LogP contribution in [0.4, 0.5) is 15.9 Å². The summed E-state index contributed by atoms with van der Waals surface area (Å²) < 4.78 is 25.4. The Morgan fingerprint density at radius 3 is 2.64 bits per heavy atom. The Kier molecular flexibility index (Phi) is 10.2. The summed E-state index contributed by atoms with van der Waals surface area (Å²) in [7, 11) is 0. The predicted octanol–water partition coefficient (Wildman–Crippen LogP) is 7.23. The Morgan fingerprint density at radius 1 is 0.974 bits per heavy atom. The van der Waals surface area contributed by atoms with Crippen molar-refractivity contribution in [2.45, 2.75) is 20.1 Å². The van der Waals surface area contributed by atoms with E-state index in [4.69, 9.17) is 9.15 Å². The lowest BCUT2D eigenvalue weighted by Gasteiger charge is -2.13. The molecule has 202 valence electrons. The SMILES string of the molecule is CS.Cc1cc(Nc2ncnc3ccc(-c4ccc(CNCCS)o4)cc23)ccc1OCc1cccc(F)c1. The third kappa shape index (κ3) is 7.53. The first-order valence-corrected chi connectivity index (χ1v) is 14.0. The Balaban J connectivity index is 0.00000172. The van der Waals surface area contributed by atoms with Crippen LogP contribution in [-0.2, 0) is 13.2 Å². The number of ether oxygens (including phenoxy) is 1. The van der Waals surface area contributed by atoms with Gasteiger partial charge in [-0.1, -0.05) is 12.1 Å². The van der Waals surface area contributed by atoms with Crippen LogP contribution in [0.25, 0.3) is 22.2 Å². The number of hydrogen-bond acceptors (Lipinski definition) is 8. The van der Waals surface area contributed by atoms with Gasteiger partial charge in [0.05, 0.1) is 12.1 Å². The quantitative estimate of drug-likeness (QED) is 0.106. The first kappa shape index (κ1) is 28.5. The molecule has 0 atom stereocenters. The molecule has 0 saturated heterocycles. The van der Waals surface area contributed by atoms with E-state index in [1.165, 1.54) is 12.1 Å². The van der Waals surface area contributed by atoms with E-state index in [1.807, 2.05) is 61.5 Å². The van der Waals surface area contributed by atoms with Crippen LogP contribution in [0, 0.1) is 12.7 Å². The van der Waals surface area contributed by atoms with Crippen LogP contribution < -0.4 is 15.4 Å². The van der Waals surface area contributed by atoms with Crippen molar-refractivity contribution in [1.82, 2.24) is 15.3 Å². The summed E-state index contributed by atoms with van der Waals surface area (Å²) in [5, 5.41) is 7.58. The topological polar surface area (TPSA) is 72.2 Å². The van der Waals surface area contributed by atoms with Gasteiger partial charge in [0, 0.05) is 28.9 Å². The van der Waals surface area contributed by atoms with Crippen LogP contribution in [0.3, 0.4) is 0 Å². The summed E-state index contributed by atoms with van der Waals surface area (Å²) in [5.41, 5.74) is 4.38. The van der Waals surface area contributed by atoms with Crippen molar-refractivity contribution < 1.29 is 13.5 Å². The smallest absolute Gasteiger partial charge is 0.141 e. The molecule has 5 rings (SSSR count). The number of aromatic nitrogens is 2. The highest BCUT2D eigenvalue weighted by molar-refractivity contribution is 7.80. The van der Waals surface area contributed by atoms with Crippen LogP contribution in [0.1, 0.15) is 16.9 Å². The number of aryl methyl sites for hydroxylation is 1. The Hall–Kier alpha value is -3.53. The largest absolute Gasteiger partial charge is 0.489 e. The Morgan fingerprint density at radius 2 is 1.85 bits per heavy atom. The van der Waals surface area contributed by atoms with Crippen molar-refractivity contribution in [2.75, 3.05) is 23.9 Å². The molecular formula is C30H31FN4O2S2. The molecule has 0 amide bonds. The number of fused-ring (bicyclic) bond motifs is 1. The van der Waals surface area contributed by atoms with Gasteiger partial charge in [0.1, 0.15) is 41.8 Å². The second-order valence-electron chi connectivity index (χ2n) is 8.64. The van der Waals surface area contributed by atoms with Gasteiger partial charge in [-0.25, -0.2) is 14.4 Å². The van der Waals surface area contributed by atoms with Gasteiger partial charge in [0.25, 0.3) is 0 Å². The van der Waals surface area contributed by atoms with Gasteiger partial charge in [-0.05, 0) is 85.0 Å². The highest BCUT2D eigenvalue weighted by Crippen LogP contribution is 2.31. The number of halogens is 1. The summed E-state index contributed by atoms with van der Waals surface area (Å²) in [6, 6.07) is 22.2. The lowest BCUT2D eigenvalue weighted by Crippen LogP contribution is -2.15. The molecule has 9 heteroatoms. The van der Waals surface area contributed by atoms with Crippen molar-refractivity contribution in [2.24, 2.45) is 0 Å². The molecule has 0 saturated carbocycles. The van der Waals surface area contributed by atoms with Crippen molar-refractivity contribution >= 4 is 47.7 Å². The van der Waals surface area contributed by atoms with Crippen molar-refractivity contribution in [3.8, 4) is 17.1 Å². The maximum absolute atomic E-state index is 13.4. The molecular weight excluding hydrogens is 531 g/mol. The van der Waals surface area contributed by atoms with E-state index >= 15 is 0 Å². The normalized spacial score (nSPS) is 10.7. The van der Waals surface area contributed by atoms with Gasteiger partial charge in [-0.15, -0.1) is 0 Å². The molecule has 5 aromatic rings. The van der Waals surface area contributed by atoms with E-state index in [-0.39, 0.29) is 5.82 Å². The first-order chi connectivity index (χ1) is 19.1. The number of hydrogen-bond donors (Lipinski definition) is 4. The van der Waals surface area contributed by atoms with Crippen molar-refractivity contribution in [1.29, 1.82) is 0 Å². The summed E-state index contributed by atoms with van der Waals surface area (Å²) in [6.07, 6.45) is 3.24. The molecule has 6 nitrogen and oxygen atoms in total. The minimum Gasteiger partial charge on any atom is -0.489 e. The van der Waals surface area contributed by atoms with Crippen LogP contribution >= 0.6 is 25.3 Å². The van der Waals surface area contributed by atoms with Gasteiger partial charge < -0.3 is 19.8 Å². The molecule has 2 heterocycles. The van der Waals surface area contributed by atoms with Gasteiger partial charge in [-0.3, -0.25) is 0 Å². The maximum atomic E-state index is 13.4. The fourth-order valence-electron chi connectivity index (χ4n) is 4.04. The number of anilines is 2. The van der Waals surface area contributed by atoms with Crippen molar-refractivity contribution in [3.05, 3.63) is 102 Å². The molecule has 0 aliphatic rings. The minimum absolute atomic E-state index is 0.272. The van der Waals surface area contributed by atoms with Crippen LogP contribution in [0.15, 0.2) is 83.5 Å². The number of rotatable bonds is 10. The fraction of sp³-hybridized carbons (Fsp3) is 0.200. The highest BCUT2D eigenvalue weighted by atomic mass is 32.1. The lowest BCUT2D eigenvalue weighted by atomic mass is 10.1. The average Bonchev–Trinajstić information content (AvgIpc) is 3.43. The standard InChI is InChI=1S/C29H27FN4O2S.CH4S/c1-19-13-23(6-9-27(19)35-17-20-3-2-4-22(30)14-20)34-29-25-15-21(5-8-26(25)32-18-33-29)28-10-7-24(36-28)16-31-11-12-37;1-2/h2-10,13-15,18,31,37H,11-12,16-17H2,1H3,(H,32,33,34);2H,1H3. The molecule has 2 aromatic heterocycles. The average molecular weight is 563 g/mol. The fourth-order valence-corrected chi connectivity index (χ4v) is 4.20. The molecule has 2 N–H and O–H groups in total. The number of nitrogens with zero attached hydrogens (tertiary/aromatic N) is 2. The molecule has 39 heavy (non-hydrogen) atoms. The lowest BCUT2D eigenvalue weighted by molar-refractivity contribution is 0.303. The maximum Gasteiger partial charge on any atom is 0.141 e. The third-order valence-electron chi connectivity index (χ3n) is 5.89. The number of furan rings is 1. The van der Waals surface area contributed by atoms with Gasteiger partial charge >= 0.3 is 0 Å². The van der Waals surface area contributed by atoms with Gasteiger partial charge in [-0.2, -0.15) is 25.3 Å². The zero-order valence-electron chi connectivity index (χ0n) is 21.8. The second kappa shape index (κ2) is 14.0. The number of nitrogens with one attached hydrogen (secondary N) is 2. The molecule has 3 aromatic carbocycles. The molecule has 0 unspecified atom stereocenters. The van der Waals surface area contributed by atoms with E-state index in [0.29, 0.717) is 19.0 Å². The zero-order valence-corrected chi connectivity index (χ0v) is 23.6. The molecule has 0 fully saturated rings. The third-order valence-corrected chi connectivity index (χ3v) is 6.11. The number of benzene rings is 3. The van der Waals surface area contributed by atoms with Gasteiger partial charge in [0.15, 0.2) is 0 Å². The molecule has 0 aliphatic heterocycles. The summed E-state index contributed by atoms with van der Waals surface area (Å²) >= 11 is 7.74. The van der Waals surface area contributed by atoms with Gasteiger partial charge in [0.2, 0.25) is 0 Å². The zero-order chi connectivity index (χ0) is 27.6. The van der Waals surface area contributed by atoms with Crippen LogP contribution in [0.2, 0.25) is 0 Å². The minimum atomic E-state index is -0.272. The van der Waals surface area contributed by atoms with E-state index in [0.717, 1.165) is 62.8 Å². The summed E-state index contributed by atoms with van der Waals surface area (Å²) in [5.74, 6) is 3.60. The Labute approximate surface area is 238 Å².